The highest BCUT2D eigenvalue weighted by Gasteiger charge is 2.19. The third-order valence-corrected chi connectivity index (χ3v) is 5.93. The van der Waals surface area contributed by atoms with Gasteiger partial charge in [-0.25, -0.2) is 4.39 Å². The van der Waals surface area contributed by atoms with E-state index in [1.165, 1.54) is 11.6 Å². The van der Waals surface area contributed by atoms with Crippen molar-refractivity contribution in [1.82, 2.24) is 9.88 Å². The Morgan fingerprint density at radius 2 is 1.42 bits per heavy atom. The standard InChI is InChI=1S/C28H26FN3O/c29-27-8-4-5-9-28(27)32-16-14-31(15-17-32)21-22-18-24(20-30-19-22)23-10-12-26(13-11-23)33-25-6-2-1-3-7-25/h1-13,18-20H,14-17,21H2. The first-order valence-corrected chi connectivity index (χ1v) is 11.2. The summed E-state index contributed by atoms with van der Waals surface area (Å²) >= 11 is 0. The van der Waals surface area contributed by atoms with Gasteiger partial charge in [-0.15, -0.1) is 0 Å². The average Bonchev–Trinajstić information content (AvgIpc) is 2.86. The second-order valence-electron chi connectivity index (χ2n) is 8.24. The molecular formula is C28H26FN3O. The summed E-state index contributed by atoms with van der Waals surface area (Å²) in [5.74, 6) is 1.48. The zero-order valence-electron chi connectivity index (χ0n) is 18.4. The van der Waals surface area contributed by atoms with E-state index in [1.54, 1.807) is 6.07 Å². The molecule has 0 amide bonds. The minimum absolute atomic E-state index is 0.150. The molecule has 0 N–H and O–H groups in total. The maximum absolute atomic E-state index is 14.1. The predicted octanol–water partition coefficient (Wildman–Crippen LogP) is 6.00. The van der Waals surface area contributed by atoms with E-state index in [4.69, 9.17) is 4.74 Å². The molecule has 1 aliphatic rings. The Morgan fingerprint density at radius 1 is 0.727 bits per heavy atom. The lowest BCUT2D eigenvalue weighted by molar-refractivity contribution is 0.249. The normalized spacial score (nSPS) is 14.3. The summed E-state index contributed by atoms with van der Waals surface area (Å²) in [5.41, 5.74) is 4.06. The molecule has 2 heterocycles. The lowest BCUT2D eigenvalue weighted by Gasteiger charge is -2.36. The Hall–Kier alpha value is -3.70. The van der Waals surface area contributed by atoms with Gasteiger partial charge in [0.05, 0.1) is 5.69 Å². The van der Waals surface area contributed by atoms with Crippen LogP contribution in [0.3, 0.4) is 0 Å². The van der Waals surface area contributed by atoms with E-state index in [9.17, 15) is 4.39 Å². The lowest BCUT2D eigenvalue weighted by atomic mass is 10.1. The molecule has 166 valence electrons. The molecule has 5 heteroatoms. The Kier molecular flexibility index (Phi) is 6.31. The van der Waals surface area contributed by atoms with Crippen molar-refractivity contribution in [3.63, 3.8) is 0 Å². The molecule has 5 rings (SSSR count). The van der Waals surface area contributed by atoms with Crippen LogP contribution >= 0.6 is 0 Å². The number of rotatable bonds is 6. The molecule has 1 aromatic heterocycles. The summed E-state index contributed by atoms with van der Waals surface area (Å²) in [7, 11) is 0. The summed E-state index contributed by atoms with van der Waals surface area (Å²) in [4.78, 5) is 9.00. The number of anilines is 1. The van der Waals surface area contributed by atoms with Crippen LogP contribution in [0.2, 0.25) is 0 Å². The van der Waals surface area contributed by atoms with E-state index < -0.39 is 0 Å². The van der Waals surface area contributed by atoms with Crippen LogP contribution in [0, 0.1) is 5.82 Å². The van der Waals surface area contributed by atoms with Crippen LogP contribution in [-0.2, 0) is 6.54 Å². The van der Waals surface area contributed by atoms with Crippen molar-refractivity contribution in [3.05, 3.63) is 109 Å². The van der Waals surface area contributed by atoms with Gasteiger partial charge in [0, 0.05) is 50.7 Å². The van der Waals surface area contributed by atoms with Crippen molar-refractivity contribution in [2.24, 2.45) is 0 Å². The minimum Gasteiger partial charge on any atom is -0.457 e. The molecule has 0 bridgehead atoms. The van der Waals surface area contributed by atoms with Gasteiger partial charge in [0.1, 0.15) is 17.3 Å². The number of hydrogen-bond acceptors (Lipinski definition) is 4. The highest BCUT2D eigenvalue weighted by atomic mass is 19.1. The number of piperazine rings is 1. The fourth-order valence-electron chi connectivity index (χ4n) is 4.19. The summed E-state index contributed by atoms with van der Waals surface area (Å²) in [6.07, 6.45) is 3.83. The van der Waals surface area contributed by atoms with Gasteiger partial charge >= 0.3 is 0 Å². The number of hydrogen-bond donors (Lipinski definition) is 0. The molecule has 0 saturated carbocycles. The first kappa shape index (κ1) is 21.2. The molecule has 4 aromatic rings. The molecule has 0 unspecified atom stereocenters. The lowest BCUT2D eigenvalue weighted by Crippen LogP contribution is -2.46. The zero-order chi connectivity index (χ0) is 22.5. The van der Waals surface area contributed by atoms with E-state index in [-0.39, 0.29) is 5.82 Å². The maximum atomic E-state index is 14.1. The molecular weight excluding hydrogens is 413 g/mol. The number of halogens is 1. The molecule has 0 atom stereocenters. The first-order valence-electron chi connectivity index (χ1n) is 11.2. The fraction of sp³-hybridized carbons (Fsp3) is 0.179. The van der Waals surface area contributed by atoms with Gasteiger partial charge in [0.25, 0.3) is 0 Å². The van der Waals surface area contributed by atoms with Crippen molar-refractivity contribution >= 4 is 5.69 Å². The van der Waals surface area contributed by atoms with Gasteiger partial charge in [-0.1, -0.05) is 42.5 Å². The van der Waals surface area contributed by atoms with Crippen LogP contribution < -0.4 is 9.64 Å². The van der Waals surface area contributed by atoms with Crippen molar-refractivity contribution < 1.29 is 9.13 Å². The van der Waals surface area contributed by atoms with Crippen LogP contribution in [0.1, 0.15) is 5.56 Å². The largest absolute Gasteiger partial charge is 0.457 e. The van der Waals surface area contributed by atoms with Gasteiger partial charge in [0.15, 0.2) is 0 Å². The monoisotopic (exact) mass is 439 g/mol. The molecule has 33 heavy (non-hydrogen) atoms. The third kappa shape index (κ3) is 5.21. The number of benzene rings is 3. The number of pyridine rings is 1. The Labute approximate surface area is 193 Å². The van der Waals surface area contributed by atoms with Crippen molar-refractivity contribution in [3.8, 4) is 22.6 Å². The van der Waals surface area contributed by atoms with Gasteiger partial charge in [0.2, 0.25) is 0 Å². The van der Waals surface area contributed by atoms with E-state index in [0.29, 0.717) is 5.69 Å². The zero-order valence-corrected chi connectivity index (χ0v) is 18.4. The summed E-state index contributed by atoms with van der Waals surface area (Å²) in [5, 5.41) is 0. The summed E-state index contributed by atoms with van der Waals surface area (Å²) in [6, 6.07) is 27.1. The van der Waals surface area contributed by atoms with Crippen molar-refractivity contribution in [2.45, 2.75) is 6.54 Å². The number of ether oxygens (including phenoxy) is 1. The minimum atomic E-state index is -0.150. The first-order chi connectivity index (χ1) is 16.2. The molecule has 0 radical (unpaired) electrons. The predicted molar refractivity (Wildman–Crippen MR) is 130 cm³/mol. The van der Waals surface area contributed by atoms with E-state index in [2.05, 4.69) is 33.0 Å². The Bertz CT molecular complexity index is 1190. The van der Waals surface area contributed by atoms with Crippen molar-refractivity contribution in [1.29, 1.82) is 0 Å². The van der Waals surface area contributed by atoms with Crippen LogP contribution in [-0.4, -0.2) is 36.1 Å². The number of para-hydroxylation sites is 2. The summed E-state index contributed by atoms with van der Waals surface area (Å²) < 4.78 is 20.0. The maximum Gasteiger partial charge on any atom is 0.146 e. The molecule has 1 fully saturated rings. The Balaban J connectivity index is 1.21. The quantitative estimate of drug-likeness (QED) is 0.368. The number of nitrogens with zero attached hydrogens (tertiary/aromatic N) is 3. The SMILES string of the molecule is Fc1ccccc1N1CCN(Cc2cncc(-c3ccc(Oc4ccccc4)cc3)c2)CC1. The average molecular weight is 440 g/mol. The van der Waals surface area contributed by atoms with Crippen LogP contribution in [0.25, 0.3) is 11.1 Å². The molecule has 0 aliphatic carbocycles. The number of aromatic nitrogens is 1. The fourth-order valence-corrected chi connectivity index (χ4v) is 4.19. The second-order valence-corrected chi connectivity index (χ2v) is 8.24. The second kappa shape index (κ2) is 9.84. The Morgan fingerprint density at radius 3 is 2.18 bits per heavy atom. The molecule has 4 nitrogen and oxygen atoms in total. The molecule has 1 saturated heterocycles. The topological polar surface area (TPSA) is 28.6 Å². The summed E-state index contributed by atoms with van der Waals surface area (Å²) in [6.45, 7) is 4.25. The molecule has 0 spiro atoms. The van der Waals surface area contributed by atoms with Gasteiger partial charge < -0.3 is 9.64 Å². The highest BCUT2D eigenvalue weighted by Crippen LogP contribution is 2.26. The van der Waals surface area contributed by atoms with E-state index >= 15 is 0 Å². The molecule has 3 aromatic carbocycles. The van der Waals surface area contributed by atoms with Gasteiger partial charge in [-0.2, -0.15) is 0 Å². The molecule has 1 aliphatic heterocycles. The van der Waals surface area contributed by atoms with E-state index in [0.717, 1.165) is 55.3 Å². The van der Waals surface area contributed by atoms with Gasteiger partial charge in [-0.05, 0) is 53.6 Å². The third-order valence-electron chi connectivity index (χ3n) is 5.93. The van der Waals surface area contributed by atoms with Crippen molar-refractivity contribution in [2.75, 3.05) is 31.1 Å². The van der Waals surface area contributed by atoms with Gasteiger partial charge in [-0.3, -0.25) is 9.88 Å². The van der Waals surface area contributed by atoms with Crippen LogP contribution in [0.5, 0.6) is 11.5 Å². The van der Waals surface area contributed by atoms with Crippen LogP contribution in [0.15, 0.2) is 97.3 Å². The van der Waals surface area contributed by atoms with E-state index in [1.807, 2.05) is 67.0 Å². The smallest absolute Gasteiger partial charge is 0.146 e. The highest BCUT2D eigenvalue weighted by molar-refractivity contribution is 5.64. The van der Waals surface area contributed by atoms with Crippen LogP contribution in [0.4, 0.5) is 10.1 Å².